The van der Waals surface area contributed by atoms with Crippen molar-refractivity contribution in [3.8, 4) is 0 Å². The first-order valence-electron chi connectivity index (χ1n) is 9.61. The average molecular weight is 402 g/mol. The van der Waals surface area contributed by atoms with E-state index in [0.29, 0.717) is 24.9 Å². The van der Waals surface area contributed by atoms with Crippen LogP contribution in [0.5, 0.6) is 0 Å². The number of amides is 1. The Morgan fingerprint density at radius 2 is 1.68 bits per heavy atom. The van der Waals surface area contributed by atoms with Crippen molar-refractivity contribution in [3.05, 3.63) is 65.7 Å². The van der Waals surface area contributed by atoms with Crippen LogP contribution in [0.3, 0.4) is 0 Å². The SMILES string of the molecule is Cc1ccccc1C(=O)NCC1(C)CCC(OS(=O)(=O)c2ccccc2)CC1. The Kier molecular flexibility index (Phi) is 6.20. The highest BCUT2D eigenvalue weighted by molar-refractivity contribution is 7.86. The zero-order valence-electron chi connectivity index (χ0n) is 16.4. The van der Waals surface area contributed by atoms with E-state index in [1.807, 2.05) is 31.2 Å². The Hall–Kier alpha value is -2.18. The van der Waals surface area contributed by atoms with Gasteiger partial charge in [-0.05, 0) is 61.8 Å². The number of carbonyl (C=O) groups excluding carboxylic acids is 1. The Labute approximate surface area is 167 Å². The van der Waals surface area contributed by atoms with Crippen molar-refractivity contribution in [1.29, 1.82) is 0 Å². The highest BCUT2D eigenvalue weighted by Gasteiger charge is 2.34. The molecule has 0 heterocycles. The van der Waals surface area contributed by atoms with E-state index in [1.54, 1.807) is 30.3 Å². The molecule has 0 aliphatic heterocycles. The number of hydrogen-bond acceptors (Lipinski definition) is 4. The highest BCUT2D eigenvalue weighted by atomic mass is 32.2. The van der Waals surface area contributed by atoms with Crippen molar-refractivity contribution in [1.82, 2.24) is 5.32 Å². The molecule has 0 atom stereocenters. The second-order valence-electron chi connectivity index (χ2n) is 7.87. The fourth-order valence-corrected chi connectivity index (χ4v) is 4.75. The van der Waals surface area contributed by atoms with Gasteiger partial charge in [0.15, 0.2) is 0 Å². The zero-order chi connectivity index (χ0) is 20.2. The normalized spacial score (nSPS) is 22.6. The van der Waals surface area contributed by atoms with Gasteiger partial charge in [0.05, 0.1) is 11.0 Å². The summed E-state index contributed by atoms with van der Waals surface area (Å²) in [6.07, 6.45) is 2.60. The predicted molar refractivity (Wildman–Crippen MR) is 109 cm³/mol. The van der Waals surface area contributed by atoms with Gasteiger partial charge < -0.3 is 5.32 Å². The molecule has 0 unspecified atom stereocenters. The van der Waals surface area contributed by atoms with E-state index in [0.717, 1.165) is 18.4 Å². The number of nitrogens with one attached hydrogen (secondary N) is 1. The fraction of sp³-hybridized carbons (Fsp3) is 0.409. The van der Waals surface area contributed by atoms with E-state index in [1.165, 1.54) is 0 Å². The van der Waals surface area contributed by atoms with Crippen LogP contribution in [0.1, 0.15) is 48.5 Å². The number of hydrogen-bond donors (Lipinski definition) is 1. The van der Waals surface area contributed by atoms with Crippen LogP contribution >= 0.6 is 0 Å². The summed E-state index contributed by atoms with van der Waals surface area (Å²) < 4.78 is 30.2. The lowest BCUT2D eigenvalue weighted by Crippen LogP contribution is -2.40. The molecule has 1 fully saturated rings. The molecule has 0 aromatic heterocycles. The van der Waals surface area contributed by atoms with Crippen LogP contribution in [0.15, 0.2) is 59.5 Å². The zero-order valence-corrected chi connectivity index (χ0v) is 17.2. The first kappa shape index (κ1) is 20.6. The van der Waals surface area contributed by atoms with Gasteiger partial charge in [-0.2, -0.15) is 8.42 Å². The van der Waals surface area contributed by atoms with E-state index < -0.39 is 10.1 Å². The molecule has 0 radical (unpaired) electrons. The molecular formula is C22H27NO4S. The van der Waals surface area contributed by atoms with Gasteiger partial charge in [0.1, 0.15) is 0 Å². The summed E-state index contributed by atoms with van der Waals surface area (Å²) >= 11 is 0. The van der Waals surface area contributed by atoms with Crippen molar-refractivity contribution in [2.45, 2.75) is 50.5 Å². The molecule has 5 nitrogen and oxygen atoms in total. The Morgan fingerprint density at radius 3 is 2.32 bits per heavy atom. The summed E-state index contributed by atoms with van der Waals surface area (Å²) in [6.45, 7) is 4.62. The van der Waals surface area contributed by atoms with Crippen molar-refractivity contribution in [2.75, 3.05) is 6.54 Å². The number of carbonyl (C=O) groups is 1. The van der Waals surface area contributed by atoms with Crippen LogP contribution < -0.4 is 5.32 Å². The maximum Gasteiger partial charge on any atom is 0.297 e. The Balaban J connectivity index is 1.53. The monoisotopic (exact) mass is 401 g/mol. The van der Waals surface area contributed by atoms with E-state index in [9.17, 15) is 13.2 Å². The van der Waals surface area contributed by atoms with Crippen LogP contribution in [0.4, 0.5) is 0 Å². The van der Waals surface area contributed by atoms with Crippen LogP contribution in [-0.2, 0) is 14.3 Å². The first-order valence-corrected chi connectivity index (χ1v) is 11.0. The van der Waals surface area contributed by atoms with E-state index in [-0.39, 0.29) is 22.3 Å². The summed E-state index contributed by atoms with van der Waals surface area (Å²) in [5, 5.41) is 3.04. The van der Waals surface area contributed by atoms with E-state index in [2.05, 4.69) is 12.2 Å². The smallest absolute Gasteiger partial charge is 0.297 e. The second kappa shape index (κ2) is 8.45. The first-order chi connectivity index (χ1) is 13.3. The summed E-state index contributed by atoms with van der Waals surface area (Å²) in [7, 11) is -3.73. The summed E-state index contributed by atoms with van der Waals surface area (Å²) in [6, 6.07) is 15.8. The van der Waals surface area contributed by atoms with Gasteiger partial charge >= 0.3 is 0 Å². The molecule has 150 valence electrons. The third-order valence-corrected chi connectivity index (χ3v) is 6.87. The van der Waals surface area contributed by atoms with Crippen LogP contribution in [0, 0.1) is 12.3 Å². The van der Waals surface area contributed by atoms with Crippen molar-refractivity contribution < 1.29 is 17.4 Å². The van der Waals surface area contributed by atoms with Gasteiger partial charge in [0.2, 0.25) is 0 Å². The third-order valence-electron chi connectivity index (χ3n) is 5.50. The fourth-order valence-electron chi connectivity index (χ4n) is 3.60. The molecule has 1 saturated carbocycles. The lowest BCUT2D eigenvalue weighted by molar-refractivity contribution is 0.0813. The molecule has 1 aliphatic rings. The molecule has 6 heteroatoms. The van der Waals surface area contributed by atoms with E-state index >= 15 is 0 Å². The lowest BCUT2D eigenvalue weighted by Gasteiger charge is -2.37. The molecule has 1 aliphatic carbocycles. The van der Waals surface area contributed by atoms with Crippen molar-refractivity contribution in [2.24, 2.45) is 5.41 Å². The minimum absolute atomic E-state index is 0.0608. The van der Waals surface area contributed by atoms with Gasteiger partial charge in [-0.3, -0.25) is 8.98 Å². The molecule has 28 heavy (non-hydrogen) atoms. The third kappa shape index (κ3) is 5.00. The van der Waals surface area contributed by atoms with Crippen LogP contribution in [-0.4, -0.2) is 27.0 Å². The van der Waals surface area contributed by atoms with Crippen molar-refractivity contribution in [3.63, 3.8) is 0 Å². The second-order valence-corrected chi connectivity index (χ2v) is 9.44. The quantitative estimate of drug-likeness (QED) is 0.741. The molecule has 1 N–H and O–H groups in total. The van der Waals surface area contributed by atoms with Gasteiger partial charge in [-0.15, -0.1) is 0 Å². The van der Waals surface area contributed by atoms with Crippen LogP contribution in [0.25, 0.3) is 0 Å². The van der Waals surface area contributed by atoms with Crippen molar-refractivity contribution >= 4 is 16.0 Å². The largest absolute Gasteiger partial charge is 0.351 e. The maximum atomic E-state index is 12.4. The molecule has 0 spiro atoms. The predicted octanol–water partition coefficient (Wildman–Crippen LogP) is 4.08. The summed E-state index contributed by atoms with van der Waals surface area (Å²) in [5.41, 5.74) is 1.58. The maximum absolute atomic E-state index is 12.4. The minimum atomic E-state index is -3.73. The molecular weight excluding hydrogens is 374 g/mol. The molecule has 2 aromatic carbocycles. The minimum Gasteiger partial charge on any atom is -0.351 e. The topological polar surface area (TPSA) is 72.5 Å². The molecule has 0 saturated heterocycles. The molecule has 2 aromatic rings. The summed E-state index contributed by atoms with van der Waals surface area (Å²) in [4.78, 5) is 12.6. The van der Waals surface area contributed by atoms with Crippen LogP contribution in [0.2, 0.25) is 0 Å². The van der Waals surface area contributed by atoms with E-state index in [4.69, 9.17) is 4.18 Å². The average Bonchev–Trinajstić information content (AvgIpc) is 2.69. The number of rotatable bonds is 6. The lowest BCUT2D eigenvalue weighted by atomic mass is 9.74. The summed E-state index contributed by atoms with van der Waals surface area (Å²) in [5.74, 6) is -0.0654. The highest BCUT2D eigenvalue weighted by Crippen LogP contribution is 2.37. The number of benzene rings is 2. The number of aryl methyl sites for hydroxylation is 1. The molecule has 0 bridgehead atoms. The molecule has 1 amide bonds. The van der Waals surface area contributed by atoms with Gasteiger partial charge in [-0.1, -0.05) is 43.3 Å². The van der Waals surface area contributed by atoms with Gasteiger partial charge in [-0.25, -0.2) is 0 Å². The Morgan fingerprint density at radius 1 is 1.07 bits per heavy atom. The Bertz CT molecular complexity index is 917. The van der Waals surface area contributed by atoms with Gasteiger partial charge in [0, 0.05) is 12.1 Å². The molecule has 3 rings (SSSR count). The standard InChI is InChI=1S/C22H27NO4S/c1-17-8-6-7-11-20(17)21(24)23-16-22(2)14-12-18(13-15-22)27-28(25,26)19-9-4-3-5-10-19/h3-11,18H,12-16H2,1-2H3,(H,23,24). The van der Waals surface area contributed by atoms with Gasteiger partial charge in [0.25, 0.3) is 16.0 Å².